The molecule has 0 radical (unpaired) electrons. The molecule has 1 aliphatic rings. The summed E-state index contributed by atoms with van der Waals surface area (Å²) in [5.74, 6) is -0.0764. The highest BCUT2D eigenvalue weighted by Gasteiger charge is 2.33. The Morgan fingerprint density at radius 1 is 0.872 bits per heavy atom. The van der Waals surface area contributed by atoms with E-state index in [9.17, 15) is 9.59 Å². The van der Waals surface area contributed by atoms with Crippen LogP contribution in [0, 0.1) is 11.3 Å². The standard InChI is InChI=1S/C38H40N4O5/c1-45-38(44)42-36(35(29-11-4-2-5-12-29)30-13-6-3-7-14-30)37(43)41-34-15-9-8-10-28(34)18-21-32-25-40-26-33(47-32)22-23-46-31-19-16-27(24-39)17-20-31/h2-17,19-20,32-33,35-36,40H,18,21-23,25-26H2,1H3,(H,41,43)(H,42,44)/t32-,33-,36?/m1/s1. The van der Waals surface area contributed by atoms with Gasteiger partial charge < -0.3 is 30.2 Å². The summed E-state index contributed by atoms with van der Waals surface area (Å²) < 4.78 is 17.2. The predicted molar refractivity (Wildman–Crippen MR) is 180 cm³/mol. The Labute approximate surface area is 275 Å². The van der Waals surface area contributed by atoms with Crippen LogP contribution < -0.4 is 20.7 Å². The number of anilines is 1. The molecule has 9 nitrogen and oxygen atoms in total. The second-order valence-electron chi connectivity index (χ2n) is 11.4. The Bertz CT molecular complexity index is 1590. The first kappa shape index (κ1) is 33.2. The third-order valence-electron chi connectivity index (χ3n) is 8.22. The average molecular weight is 633 g/mol. The van der Waals surface area contributed by atoms with Crippen LogP contribution in [-0.4, -0.2) is 57.1 Å². The fourth-order valence-electron chi connectivity index (χ4n) is 5.82. The van der Waals surface area contributed by atoms with Crippen LogP contribution in [0.2, 0.25) is 0 Å². The monoisotopic (exact) mass is 632 g/mol. The van der Waals surface area contributed by atoms with Gasteiger partial charge in [0.15, 0.2) is 0 Å². The van der Waals surface area contributed by atoms with E-state index < -0.39 is 18.1 Å². The molecule has 0 aliphatic carbocycles. The van der Waals surface area contributed by atoms with Crippen LogP contribution in [0.1, 0.15) is 41.0 Å². The van der Waals surface area contributed by atoms with E-state index in [4.69, 9.17) is 19.5 Å². The molecule has 0 bridgehead atoms. The number of nitrogens with zero attached hydrogens (tertiary/aromatic N) is 1. The maximum atomic E-state index is 14.0. The van der Waals surface area contributed by atoms with E-state index in [1.54, 1.807) is 24.3 Å². The lowest BCUT2D eigenvalue weighted by Gasteiger charge is -2.31. The van der Waals surface area contributed by atoms with Crippen molar-refractivity contribution in [2.45, 2.75) is 43.4 Å². The number of nitrogens with one attached hydrogen (secondary N) is 3. The molecule has 9 heteroatoms. The molecular formula is C38H40N4O5. The molecule has 4 aromatic carbocycles. The van der Waals surface area contributed by atoms with Crippen molar-refractivity contribution in [2.75, 3.05) is 32.1 Å². The zero-order valence-electron chi connectivity index (χ0n) is 26.4. The van der Waals surface area contributed by atoms with Crippen molar-refractivity contribution in [3.8, 4) is 11.8 Å². The predicted octanol–water partition coefficient (Wildman–Crippen LogP) is 5.81. The number of amides is 2. The van der Waals surface area contributed by atoms with Gasteiger partial charge in [-0.15, -0.1) is 0 Å². The Hall–Kier alpha value is -5.17. The van der Waals surface area contributed by atoms with Crippen LogP contribution in [0.4, 0.5) is 10.5 Å². The van der Waals surface area contributed by atoms with Crippen molar-refractivity contribution >= 4 is 17.7 Å². The number of hydrogen-bond donors (Lipinski definition) is 3. The summed E-state index contributed by atoms with van der Waals surface area (Å²) in [6, 6.07) is 35.3. The fourth-order valence-corrected chi connectivity index (χ4v) is 5.82. The zero-order valence-corrected chi connectivity index (χ0v) is 26.4. The number of carbonyl (C=O) groups excluding carboxylic acids is 2. The minimum atomic E-state index is -0.946. The first-order chi connectivity index (χ1) is 23.0. The van der Waals surface area contributed by atoms with E-state index in [1.807, 2.05) is 84.9 Å². The van der Waals surface area contributed by atoms with Gasteiger partial charge in [0.1, 0.15) is 11.8 Å². The number of aryl methyl sites for hydroxylation is 1. The highest BCUT2D eigenvalue weighted by atomic mass is 16.5. The number of ether oxygens (including phenoxy) is 3. The zero-order chi connectivity index (χ0) is 32.8. The van der Waals surface area contributed by atoms with Crippen LogP contribution in [0.3, 0.4) is 0 Å². The lowest BCUT2D eigenvalue weighted by atomic mass is 9.84. The number of alkyl carbamates (subject to hydrolysis) is 1. The molecule has 1 saturated heterocycles. The first-order valence-corrected chi connectivity index (χ1v) is 15.9. The first-order valence-electron chi connectivity index (χ1n) is 15.9. The van der Waals surface area contributed by atoms with E-state index in [0.29, 0.717) is 24.3 Å². The van der Waals surface area contributed by atoms with Crippen molar-refractivity contribution in [1.29, 1.82) is 5.26 Å². The molecule has 0 spiro atoms. The second-order valence-corrected chi connectivity index (χ2v) is 11.4. The largest absolute Gasteiger partial charge is 0.493 e. The SMILES string of the molecule is COC(=O)NC(C(=O)Nc1ccccc1CC[C@@H]1CNC[C@@H](CCOc2ccc(C#N)cc2)O1)C(c1ccccc1)c1ccccc1. The van der Waals surface area contributed by atoms with E-state index in [-0.39, 0.29) is 18.1 Å². The molecule has 1 unspecified atom stereocenters. The molecule has 0 aromatic heterocycles. The van der Waals surface area contributed by atoms with Gasteiger partial charge in [-0.25, -0.2) is 4.79 Å². The van der Waals surface area contributed by atoms with Crippen LogP contribution in [0.25, 0.3) is 0 Å². The molecule has 4 aromatic rings. The number of para-hydroxylation sites is 1. The maximum Gasteiger partial charge on any atom is 0.407 e. The highest BCUT2D eigenvalue weighted by Crippen LogP contribution is 2.30. The highest BCUT2D eigenvalue weighted by molar-refractivity contribution is 5.98. The minimum Gasteiger partial charge on any atom is -0.493 e. The van der Waals surface area contributed by atoms with Gasteiger partial charge in [-0.1, -0.05) is 78.9 Å². The van der Waals surface area contributed by atoms with E-state index >= 15 is 0 Å². The van der Waals surface area contributed by atoms with Crippen molar-refractivity contribution in [3.63, 3.8) is 0 Å². The Morgan fingerprint density at radius 2 is 1.49 bits per heavy atom. The lowest BCUT2D eigenvalue weighted by Crippen LogP contribution is -2.48. The molecule has 5 rings (SSSR count). The number of rotatable bonds is 13. The van der Waals surface area contributed by atoms with Crippen LogP contribution in [-0.2, 0) is 20.7 Å². The van der Waals surface area contributed by atoms with Gasteiger partial charge in [0.05, 0.1) is 37.6 Å². The van der Waals surface area contributed by atoms with E-state index in [1.165, 1.54) is 7.11 Å². The van der Waals surface area contributed by atoms with E-state index in [0.717, 1.165) is 48.4 Å². The van der Waals surface area contributed by atoms with Gasteiger partial charge in [0.25, 0.3) is 0 Å². The molecule has 1 fully saturated rings. The quantitative estimate of drug-likeness (QED) is 0.170. The Morgan fingerprint density at radius 3 is 2.13 bits per heavy atom. The third-order valence-corrected chi connectivity index (χ3v) is 8.22. The average Bonchev–Trinajstić information content (AvgIpc) is 3.12. The molecule has 1 aliphatic heterocycles. The molecular weight excluding hydrogens is 592 g/mol. The van der Waals surface area contributed by atoms with Gasteiger partial charge in [-0.2, -0.15) is 5.26 Å². The Kier molecular flexibility index (Phi) is 12.0. The lowest BCUT2D eigenvalue weighted by molar-refractivity contribution is -0.118. The summed E-state index contributed by atoms with van der Waals surface area (Å²) in [5.41, 5.74) is 4.04. The molecule has 2 amide bonds. The molecule has 3 N–H and O–H groups in total. The summed E-state index contributed by atoms with van der Waals surface area (Å²) in [5, 5.41) is 18.4. The summed E-state index contributed by atoms with van der Waals surface area (Å²) >= 11 is 0. The number of nitriles is 1. The minimum absolute atomic E-state index is 0.00157. The molecule has 47 heavy (non-hydrogen) atoms. The summed E-state index contributed by atoms with van der Waals surface area (Å²) in [4.78, 5) is 26.6. The van der Waals surface area contributed by atoms with Gasteiger partial charge >= 0.3 is 6.09 Å². The molecule has 0 saturated carbocycles. The molecule has 1 heterocycles. The van der Waals surface area contributed by atoms with Gasteiger partial charge in [-0.05, 0) is 59.9 Å². The van der Waals surface area contributed by atoms with Crippen molar-refractivity contribution < 1.29 is 23.8 Å². The summed E-state index contributed by atoms with van der Waals surface area (Å²) in [6.07, 6.45) is 1.51. The number of methoxy groups -OCH3 is 1. The maximum absolute atomic E-state index is 14.0. The van der Waals surface area contributed by atoms with E-state index in [2.05, 4.69) is 22.0 Å². The van der Waals surface area contributed by atoms with Crippen molar-refractivity contribution in [3.05, 3.63) is 131 Å². The van der Waals surface area contributed by atoms with Crippen LogP contribution in [0.15, 0.2) is 109 Å². The molecule has 3 atom stereocenters. The van der Waals surface area contributed by atoms with Crippen molar-refractivity contribution in [1.82, 2.24) is 10.6 Å². The topological polar surface area (TPSA) is 122 Å². The number of hydrogen-bond acceptors (Lipinski definition) is 7. The number of carbonyl (C=O) groups is 2. The fraction of sp³-hybridized carbons (Fsp3) is 0.289. The van der Waals surface area contributed by atoms with Crippen LogP contribution in [0.5, 0.6) is 5.75 Å². The third kappa shape index (κ3) is 9.42. The second kappa shape index (κ2) is 16.9. The summed E-state index contributed by atoms with van der Waals surface area (Å²) in [7, 11) is 1.29. The Balaban J connectivity index is 1.23. The number of morpholine rings is 1. The summed E-state index contributed by atoms with van der Waals surface area (Å²) in [6.45, 7) is 1.99. The number of benzene rings is 4. The smallest absolute Gasteiger partial charge is 0.407 e. The van der Waals surface area contributed by atoms with Crippen LogP contribution >= 0.6 is 0 Å². The van der Waals surface area contributed by atoms with Crippen molar-refractivity contribution in [2.24, 2.45) is 0 Å². The van der Waals surface area contributed by atoms with Gasteiger partial charge in [-0.3, -0.25) is 4.79 Å². The normalized spacial score (nSPS) is 16.4. The van der Waals surface area contributed by atoms with Gasteiger partial charge in [0, 0.05) is 31.1 Å². The molecule has 242 valence electrons. The van der Waals surface area contributed by atoms with Gasteiger partial charge in [0.2, 0.25) is 5.91 Å².